The summed E-state index contributed by atoms with van der Waals surface area (Å²) in [6, 6.07) is 17.1. The van der Waals surface area contributed by atoms with Crippen LogP contribution in [0.2, 0.25) is 0 Å². The Kier molecular flexibility index (Phi) is 5.57. The lowest BCUT2D eigenvalue weighted by molar-refractivity contribution is 0.242. The summed E-state index contributed by atoms with van der Waals surface area (Å²) >= 11 is 1.76. The molecule has 2 nitrogen and oxygen atoms in total. The Hall–Kier alpha value is -1.61. The summed E-state index contributed by atoms with van der Waals surface area (Å²) in [6.07, 6.45) is 2.30. The van der Waals surface area contributed by atoms with Gasteiger partial charge in [0, 0.05) is 16.6 Å². The number of rotatable bonds is 6. The van der Waals surface area contributed by atoms with Gasteiger partial charge in [-0.15, -0.1) is 11.8 Å². The molecule has 112 valence electrons. The van der Waals surface area contributed by atoms with Crippen LogP contribution in [0, 0.1) is 0 Å². The van der Waals surface area contributed by atoms with Crippen LogP contribution in [0.1, 0.15) is 32.4 Å². The third-order valence-electron chi connectivity index (χ3n) is 3.23. The lowest BCUT2D eigenvalue weighted by atomic mass is 10.1. The Balaban J connectivity index is 2.00. The van der Waals surface area contributed by atoms with Crippen molar-refractivity contribution in [2.45, 2.75) is 37.8 Å². The summed E-state index contributed by atoms with van der Waals surface area (Å²) in [4.78, 5) is 1.28. The molecule has 0 fully saturated rings. The van der Waals surface area contributed by atoms with Crippen molar-refractivity contribution >= 4 is 17.4 Å². The molecule has 0 aliphatic rings. The highest BCUT2D eigenvalue weighted by molar-refractivity contribution is 7.98. The predicted molar refractivity (Wildman–Crippen MR) is 92.5 cm³/mol. The average Bonchev–Trinajstić information content (AvgIpc) is 2.48. The second-order valence-corrected chi connectivity index (χ2v) is 6.21. The molecule has 3 heteroatoms. The summed E-state index contributed by atoms with van der Waals surface area (Å²) in [5, 5.41) is 3.52. The first kappa shape index (κ1) is 15.8. The van der Waals surface area contributed by atoms with Gasteiger partial charge in [0.05, 0.1) is 6.10 Å². The fourth-order valence-corrected chi connectivity index (χ4v) is 2.54. The van der Waals surface area contributed by atoms with E-state index in [-0.39, 0.29) is 12.1 Å². The summed E-state index contributed by atoms with van der Waals surface area (Å²) in [5.74, 6) is 0.922. The molecule has 2 aromatic carbocycles. The number of thioether (sulfide) groups is 1. The van der Waals surface area contributed by atoms with Crippen LogP contribution in [-0.4, -0.2) is 12.4 Å². The van der Waals surface area contributed by atoms with E-state index in [2.05, 4.69) is 54.9 Å². The predicted octanol–water partition coefficient (Wildman–Crippen LogP) is 5.37. The van der Waals surface area contributed by atoms with Gasteiger partial charge in [-0.05, 0) is 69.0 Å². The van der Waals surface area contributed by atoms with Crippen LogP contribution < -0.4 is 10.1 Å². The van der Waals surface area contributed by atoms with E-state index >= 15 is 0 Å². The van der Waals surface area contributed by atoms with Gasteiger partial charge >= 0.3 is 0 Å². The molecule has 1 unspecified atom stereocenters. The highest BCUT2D eigenvalue weighted by Gasteiger charge is 2.06. The lowest BCUT2D eigenvalue weighted by Crippen LogP contribution is -2.08. The molecule has 2 aromatic rings. The molecular weight excluding hydrogens is 278 g/mol. The molecule has 1 atom stereocenters. The van der Waals surface area contributed by atoms with Crippen LogP contribution in [0.3, 0.4) is 0 Å². The van der Waals surface area contributed by atoms with E-state index in [1.165, 1.54) is 10.5 Å². The fraction of sp³-hybridized carbons (Fsp3) is 0.333. The largest absolute Gasteiger partial charge is 0.491 e. The maximum Gasteiger partial charge on any atom is 0.119 e. The highest BCUT2D eigenvalue weighted by Crippen LogP contribution is 2.24. The molecular formula is C18H23NOS. The quantitative estimate of drug-likeness (QED) is 0.725. The number of hydrogen-bond acceptors (Lipinski definition) is 3. The van der Waals surface area contributed by atoms with Crippen molar-refractivity contribution in [1.29, 1.82) is 0 Å². The number of benzene rings is 2. The summed E-state index contributed by atoms with van der Waals surface area (Å²) < 4.78 is 5.67. The first-order chi connectivity index (χ1) is 10.1. The Bertz CT molecular complexity index is 548. The van der Waals surface area contributed by atoms with Gasteiger partial charge in [0.25, 0.3) is 0 Å². The van der Waals surface area contributed by atoms with Crippen LogP contribution in [0.15, 0.2) is 53.4 Å². The van der Waals surface area contributed by atoms with Gasteiger partial charge in [-0.3, -0.25) is 0 Å². The van der Waals surface area contributed by atoms with E-state index in [1.807, 2.05) is 26.0 Å². The van der Waals surface area contributed by atoms with Crippen LogP contribution in [0.4, 0.5) is 5.69 Å². The Morgan fingerprint density at radius 2 is 1.52 bits per heavy atom. The minimum absolute atomic E-state index is 0.210. The number of nitrogens with one attached hydrogen (secondary N) is 1. The molecule has 1 N–H and O–H groups in total. The molecule has 2 rings (SSSR count). The second kappa shape index (κ2) is 7.41. The zero-order valence-electron chi connectivity index (χ0n) is 13.1. The van der Waals surface area contributed by atoms with E-state index < -0.39 is 0 Å². The van der Waals surface area contributed by atoms with Gasteiger partial charge in [0.15, 0.2) is 0 Å². The molecule has 0 saturated carbocycles. The Morgan fingerprint density at radius 1 is 0.905 bits per heavy atom. The summed E-state index contributed by atoms with van der Waals surface area (Å²) in [7, 11) is 0. The SMILES string of the molecule is CSc1ccc(NC(C)c2ccc(OC(C)C)cc2)cc1. The summed E-state index contributed by atoms with van der Waals surface area (Å²) in [5.41, 5.74) is 2.39. The van der Waals surface area contributed by atoms with Crippen molar-refractivity contribution in [3.8, 4) is 5.75 Å². The van der Waals surface area contributed by atoms with Gasteiger partial charge in [0.2, 0.25) is 0 Å². The van der Waals surface area contributed by atoms with Gasteiger partial charge in [0.1, 0.15) is 5.75 Å². The monoisotopic (exact) mass is 301 g/mol. The zero-order valence-corrected chi connectivity index (χ0v) is 13.9. The van der Waals surface area contributed by atoms with Crippen molar-refractivity contribution in [3.63, 3.8) is 0 Å². The van der Waals surface area contributed by atoms with Crippen molar-refractivity contribution in [3.05, 3.63) is 54.1 Å². The second-order valence-electron chi connectivity index (χ2n) is 5.33. The number of ether oxygens (including phenoxy) is 1. The van der Waals surface area contributed by atoms with Gasteiger partial charge < -0.3 is 10.1 Å². The van der Waals surface area contributed by atoms with E-state index in [0.29, 0.717) is 0 Å². The van der Waals surface area contributed by atoms with Crippen molar-refractivity contribution in [1.82, 2.24) is 0 Å². The topological polar surface area (TPSA) is 21.3 Å². The molecule has 0 radical (unpaired) electrons. The third kappa shape index (κ3) is 4.71. The molecule has 0 aromatic heterocycles. The van der Waals surface area contributed by atoms with E-state index in [9.17, 15) is 0 Å². The van der Waals surface area contributed by atoms with Crippen molar-refractivity contribution in [2.24, 2.45) is 0 Å². The van der Waals surface area contributed by atoms with Crippen LogP contribution >= 0.6 is 11.8 Å². The van der Waals surface area contributed by atoms with Gasteiger partial charge in [-0.2, -0.15) is 0 Å². The Morgan fingerprint density at radius 3 is 2.05 bits per heavy atom. The van der Waals surface area contributed by atoms with Gasteiger partial charge in [-0.25, -0.2) is 0 Å². The highest BCUT2D eigenvalue weighted by atomic mass is 32.2. The maximum absolute atomic E-state index is 5.67. The zero-order chi connectivity index (χ0) is 15.2. The first-order valence-electron chi connectivity index (χ1n) is 7.25. The third-order valence-corrected chi connectivity index (χ3v) is 3.97. The van der Waals surface area contributed by atoms with Gasteiger partial charge in [-0.1, -0.05) is 12.1 Å². The summed E-state index contributed by atoms with van der Waals surface area (Å²) in [6.45, 7) is 6.24. The minimum atomic E-state index is 0.210. The number of hydrogen-bond donors (Lipinski definition) is 1. The average molecular weight is 301 g/mol. The molecule has 0 aliphatic carbocycles. The Labute approximate surface area is 131 Å². The minimum Gasteiger partial charge on any atom is -0.491 e. The molecule has 0 heterocycles. The normalized spacial score (nSPS) is 12.2. The van der Waals surface area contributed by atoms with Crippen molar-refractivity contribution < 1.29 is 4.74 Å². The molecule has 0 amide bonds. The molecule has 21 heavy (non-hydrogen) atoms. The number of anilines is 1. The van der Waals surface area contributed by atoms with Crippen LogP contribution in [0.25, 0.3) is 0 Å². The van der Waals surface area contributed by atoms with Crippen molar-refractivity contribution in [2.75, 3.05) is 11.6 Å². The first-order valence-corrected chi connectivity index (χ1v) is 8.48. The van der Waals surface area contributed by atoms with E-state index in [1.54, 1.807) is 11.8 Å². The molecule has 0 bridgehead atoms. The lowest BCUT2D eigenvalue weighted by Gasteiger charge is -2.17. The molecule has 0 aliphatic heterocycles. The smallest absolute Gasteiger partial charge is 0.119 e. The van der Waals surface area contributed by atoms with E-state index in [4.69, 9.17) is 4.74 Å². The maximum atomic E-state index is 5.67. The van der Waals surface area contributed by atoms with Crippen LogP contribution in [0.5, 0.6) is 5.75 Å². The fourth-order valence-electron chi connectivity index (χ4n) is 2.13. The van der Waals surface area contributed by atoms with E-state index in [0.717, 1.165) is 11.4 Å². The standard InChI is InChI=1S/C18H23NOS/c1-13(2)20-17-9-5-15(6-10-17)14(3)19-16-7-11-18(21-4)12-8-16/h5-14,19H,1-4H3. The molecule has 0 saturated heterocycles. The molecule has 0 spiro atoms. The van der Waals surface area contributed by atoms with Crippen LogP contribution in [-0.2, 0) is 0 Å².